The molecule has 1 aromatic carbocycles. The molecule has 2 N–H and O–H groups in total. The molecule has 0 fully saturated rings. The van der Waals surface area contributed by atoms with Gasteiger partial charge in [-0.1, -0.05) is 12.1 Å². The van der Waals surface area contributed by atoms with Crippen molar-refractivity contribution in [3.63, 3.8) is 0 Å². The first-order chi connectivity index (χ1) is 9.05. The minimum absolute atomic E-state index is 0.0602. The molecule has 0 bridgehead atoms. The van der Waals surface area contributed by atoms with Crippen molar-refractivity contribution in [2.24, 2.45) is 5.73 Å². The summed E-state index contributed by atoms with van der Waals surface area (Å²) in [5.74, 6) is -0.670. The van der Waals surface area contributed by atoms with Crippen molar-refractivity contribution in [2.75, 3.05) is 6.54 Å². The molecule has 0 aliphatic rings. The largest absolute Gasteiger partial charge is 0.534 e. The maximum Gasteiger partial charge on any atom is 0.534 e. The lowest BCUT2D eigenvalue weighted by atomic mass is 9.97. The summed E-state index contributed by atoms with van der Waals surface area (Å²) in [6, 6.07) is 3.38. The van der Waals surface area contributed by atoms with Crippen LogP contribution in [-0.4, -0.2) is 26.8 Å². The first-order valence-corrected chi connectivity index (χ1v) is 6.43. The Hall–Kier alpha value is -1.68. The second-order valence-corrected chi connectivity index (χ2v) is 5.23. The minimum Gasteiger partial charge on any atom is -0.376 e. The third-order valence-corrected chi connectivity index (χ3v) is 3.29. The van der Waals surface area contributed by atoms with Crippen LogP contribution in [0.25, 0.3) is 0 Å². The molecule has 0 aliphatic carbocycles. The van der Waals surface area contributed by atoms with Gasteiger partial charge in [-0.3, -0.25) is 4.79 Å². The number of carbonyl (C=O) groups excluding carboxylic acids is 1. The van der Waals surface area contributed by atoms with Crippen LogP contribution < -0.4 is 9.92 Å². The zero-order valence-electron chi connectivity index (χ0n) is 9.72. The summed E-state index contributed by atoms with van der Waals surface area (Å²) >= 11 is 0. The lowest BCUT2D eigenvalue weighted by Crippen LogP contribution is -2.32. The first kappa shape index (κ1) is 16.4. The van der Waals surface area contributed by atoms with Crippen molar-refractivity contribution in [2.45, 2.75) is 11.2 Å². The van der Waals surface area contributed by atoms with Crippen molar-refractivity contribution in [3.8, 4) is 5.75 Å². The molecule has 5 nitrogen and oxygen atoms in total. The smallest absolute Gasteiger partial charge is 0.376 e. The third kappa shape index (κ3) is 3.25. The molecule has 20 heavy (non-hydrogen) atoms. The average Bonchev–Trinajstić information content (AvgIpc) is 2.37. The van der Waals surface area contributed by atoms with Crippen molar-refractivity contribution in [1.82, 2.24) is 0 Å². The molecule has 1 atom stereocenters. The number of aldehydes is 1. The van der Waals surface area contributed by atoms with Crippen LogP contribution in [0.2, 0.25) is 0 Å². The molecule has 0 saturated carbocycles. The first-order valence-electron chi connectivity index (χ1n) is 5.02. The van der Waals surface area contributed by atoms with Gasteiger partial charge in [-0.15, -0.1) is 0 Å². The highest BCUT2D eigenvalue weighted by atomic mass is 32.2. The van der Waals surface area contributed by atoms with Gasteiger partial charge in [-0.25, -0.2) is 4.39 Å². The summed E-state index contributed by atoms with van der Waals surface area (Å²) in [6.07, 6.45) is -0.0602. The zero-order chi connectivity index (χ0) is 15.6. The molecule has 0 heterocycles. The Morgan fingerprint density at radius 1 is 1.15 bits per heavy atom. The number of nitrogens with two attached hydrogens (primary N) is 1. The fraction of sp³-hybridized carbons (Fsp3) is 0.300. The standard InChI is InChI=1S/C10H9F4NO4S/c11-9(5-15,6-16)7-1-3-8(4-2-7)19-20(17,18)10(12,13)14/h1-4,6H,5,15H2. The number of hydrogen-bond donors (Lipinski definition) is 1. The van der Waals surface area contributed by atoms with Gasteiger partial charge in [0.2, 0.25) is 5.67 Å². The number of halogens is 4. The summed E-state index contributed by atoms with van der Waals surface area (Å²) in [5, 5.41) is 0. The number of carbonyl (C=O) groups is 1. The Kier molecular flexibility index (Phi) is 4.39. The summed E-state index contributed by atoms with van der Waals surface area (Å²) in [5.41, 5.74) is -3.24. The lowest BCUT2D eigenvalue weighted by Gasteiger charge is -2.17. The molecule has 1 unspecified atom stereocenters. The van der Waals surface area contributed by atoms with Crippen LogP contribution in [-0.2, 0) is 20.6 Å². The van der Waals surface area contributed by atoms with Gasteiger partial charge in [-0.2, -0.15) is 21.6 Å². The number of hydrogen-bond acceptors (Lipinski definition) is 5. The summed E-state index contributed by atoms with van der Waals surface area (Å²) in [7, 11) is -5.80. The van der Waals surface area contributed by atoms with E-state index in [2.05, 4.69) is 4.18 Å². The Morgan fingerprint density at radius 3 is 2.00 bits per heavy atom. The monoisotopic (exact) mass is 315 g/mol. The van der Waals surface area contributed by atoms with Crippen LogP contribution in [0.3, 0.4) is 0 Å². The van der Waals surface area contributed by atoms with Gasteiger partial charge in [0.15, 0.2) is 6.29 Å². The van der Waals surface area contributed by atoms with Gasteiger partial charge >= 0.3 is 15.6 Å². The average molecular weight is 315 g/mol. The zero-order valence-corrected chi connectivity index (χ0v) is 10.5. The van der Waals surface area contributed by atoms with Crippen molar-refractivity contribution < 1.29 is 35.0 Å². The molecule has 1 aromatic rings. The molecule has 112 valence electrons. The van der Waals surface area contributed by atoms with Gasteiger partial charge < -0.3 is 9.92 Å². The summed E-state index contributed by atoms with van der Waals surface area (Å²) in [6.45, 7) is -0.669. The molecular weight excluding hydrogens is 306 g/mol. The van der Waals surface area contributed by atoms with E-state index in [4.69, 9.17) is 5.73 Å². The van der Waals surface area contributed by atoms with Crippen molar-refractivity contribution in [3.05, 3.63) is 29.8 Å². The highest BCUT2D eigenvalue weighted by molar-refractivity contribution is 7.87. The van der Waals surface area contributed by atoms with Gasteiger partial charge in [0.25, 0.3) is 0 Å². The molecule has 10 heteroatoms. The van der Waals surface area contributed by atoms with Crippen LogP contribution in [0.4, 0.5) is 17.6 Å². The van der Waals surface area contributed by atoms with Crippen molar-refractivity contribution in [1.29, 1.82) is 0 Å². The molecule has 0 spiro atoms. The van der Waals surface area contributed by atoms with E-state index in [1.54, 1.807) is 0 Å². The van der Waals surface area contributed by atoms with E-state index in [9.17, 15) is 30.8 Å². The van der Waals surface area contributed by atoms with E-state index in [0.717, 1.165) is 24.3 Å². The van der Waals surface area contributed by atoms with Crippen molar-refractivity contribution >= 4 is 16.4 Å². The van der Waals surface area contributed by atoms with Crippen LogP contribution in [0.5, 0.6) is 5.75 Å². The predicted molar refractivity (Wildman–Crippen MR) is 59.9 cm³/mol. The second-order valence-electron chi connectivity index (χ2n) is 3.69. The third-order valence-electron chi connectivity index (χ3n) is 2.31. The van der Waals surface area contributed by atoms with Crippen LogP contribution in [0, 0.1) is 0 Å². The van der Waals surface area contributed by atoms with E-state index in [1.165, 1.54) is 0 Å². The van der Waals surface area contributed by atoms with Crippen LogP contribution in [0.15, 0.2) is 24.3 Å². The Balaban J connectivity index is 3.02. The Morgan fingerprint density at radius 2 is 1.65 bits per heavy atom. The van der Waals surface area contributed by atoms with E-state index < -0.39 is 33.6 Å². The number of rotatable bonds is 5. The Labute approximate surface area is 111 Å². The fourth-order valence-electron chi connectivity index (χ4n) is 1.20. The number of alkyl halides is 4. The SMILES string of the molecule is NCC(F)(C=O)c1ccc(OS(=O)(=O)C(F)(F)F)cc1. The lowest BCUT2D eigenvalue weighted by molar-refractivity contribution is -0.117. The van der Waals surface area contributed by atoms with E-state index >= 15 is 0 Å². The van der Waals surface area contributed by atoms with Gasteiger partial charge in [-0.05, 0) is 17.7 Å². The molecular formula is C10H9F4NO4S. The quantitative estimate of drug-likeness (QED) is 0.382. The highest BCUT2D eigenvalue weighted by Crippen LogP contribution is 2.29. The van der Waals surface area contributed by atoms with Gasteiger partial charge in [0, 0.05) is 6.54 Å². The molecule has 0 amide bonds. The molecule has 0 aromatic heterocycles. The fourth-order valence-corrected chi connectivity index (χ4v) is 1.65. The van der Waals surface area contributed by atoms with E-state index in [1.807, 2.05) is 0 Å². The van der Waals surface area contributed by atoms with E-state index in [-0.39, 0.29) is 11.8 Å². The predicted octanol–water partition coefficient (Wildman–Crippen LogP) is 1.24. The topological polar surface area (TPSA) is 86.5 Å². The molecule has 0 saturated heterocycles. The molecule has 0 aliphatic heterocycles. The highest BCUT2D eigenvalue weighted by Gasteiger charge is 2.48. The normalized spacial score (nSPS) is 15.4. The number of benzene rings is 1. The van der Waals surface area contributed by atoms with Gasteiger partial charge in [0.05, 0.1) is 0 Å². The Bertz CT molecular complexity index is 584. The van der Waals surface area contributed by atoms with Gasteiger partial charge in [0.1, 0.15) is 5.75 Å². The van der Waals surface area contributed by atoms with Crippen LogP contribution in [0.1, 0.15) is 5.56 Å². The maximum atomic E-state index is 13.8. The van der Waals surface area contributed by atoms with Crippen LogP contribution >= 0.6 is 0 Å². The minimum atomic E-state index is -5.80. The second kappa shape index (κ2) is 5.37. The van der Waals surface area contributed by atoms with E-state index in [0.29, 0.717) is 0 Å². The molecule has 1 rings (SSSR count). The summed E-state index contributed by atoms with van der Waals surface area (Å²) in [4.78, 5) is 10.6. The maximum absolute atomic E-state index is 13.8. The summed E-state index contributed by atoms with van der Waals surface area (Å²) < 4.78 is 75.2. The molecule has 0 radical (unpaired) electrons.